The Kier molecular flexibility index (Phi) is 5.33. The lowest BCUT2D eigenvalue weighted by molar-refractivity contribution is -0.121. The number of amides is 1. The van der Waals surface area contributed by atoms with E-state index in [0.717, 1.165) is 16.9 Å². The van der Waals surface area contributed by atoms with Gasteiger partial charge in [-0.1, -0.05) is 12.1 Å². The van der Waals surface area contributed by atoms with E-state index in [2.05, 4.69) is 15.5 Å². The van der Waals surface area contributed by atoms with Crippen molar-refractivity contribution in [3.63, 3.8) is 0 Å². The van der Waals surface area contributed by atoms with E-state index in [1.54, 1.807) is 19.2 Å². The van der Waals surface area contributed by atoms with Gasteiger partial charge in [0.25, 0.3) is 0 Å². The number of ether oxygens (including phenoxy) is 3. The van der Waals surface area contributed by atoms with Crippen molar-refractivity contribution in [3.05, 3.63) is 53.9 Å². The Morgan fingerprint density at radius 2 is 1.93 bits per heavy atom. The van der Waals surface area contributed by atoms with E-state index >= 15 is 0 Å². The number of aryl methyl sites for hydroxylation is 1. The zero-order chi connectivity index (χ0) is 20.2. The fraction of sp³-hybridized carbons (Fsp3) is 0.286. The first-order valence-electron chi connectivity index (χ1n) is 9.28. The second kappa shape index (κ2) is 8.22. The Balaban J connectivity index is 1.31. The van der Waals surface area contributed by atoms with Gasteiger partial charge < -0.3 is 23.9 Å². The maximum Gasteiger partial charge on any atom is 0.247 e. The summed E-state index contributed by atoms with van der Waals surface area (Å²) in [5, 5.41) is 11.1. The van der Waals surface area contributed by atoms with Gasteiger partial charge in [0.15, 0.2) is 11.5 Å². The Labute approximate surface area is 167 Å². The number of carbonyl (C=O) groups is 1. The van der Waals surface area contributed by atoms with Crippen molar-refractivity contribution in [2.45, 2.75) is 25.8 Å². The molecule has 0 radical (unpaired) electrons. The van der Waals surface area contributed by atoms with Crippen LogP contribution in [-0.2, 0) is 11.2 Å². The number of rotatable bonds is 7. The first-order chi connectivity index (χ1) is 14.1. The minimum Gasteiger partial charge on any atom is -0.497 e. The Morgan fingerprint density at radius 3 is 2.72 bits per heavy atom. The monoisotopic (exact) mass is 395 g/mol. The fourth-order valence-electron chi connectivity index (χ4n) is 3.01. The van der Waals surface area contributed by atoms with Gasteiger partial charge in [-0.05, 0) is 42.8 Å². The van der Waals surface area contributed by atoms with Gasteiger partial charge in [0.2, 0.25) is 24.5 Å². The van der Waals surface area contributed by atoms with Gasteiger partial charge in [-0.2, -0.15) is 0 Å². The molecule has 1 aliphatic rings. The molecule has 0 aliphatic carbocycles. The molecule has 0 fully saturated rings. The Hall–Kier alpha value is -3.55. The van der Waals surface area contributed by atoms with Crippen LogP contribution in [0.1, 0.15) is 30.8 Å². The van der Waals surface area contributed by atoms with Gasteiger partial charge in [0, 0.05) is 18.4 Å². The molecule has 0 spiro atoms. The lowest BCUT2D eigenvalue weighted by Gasteiger charge is -2.14. The van der Waals surface area contributed by atoms with E-state index in [0.29, 0.717) is 29.7 Å². The third-order valence-electron chi connectivity index (χ3n) is 4.65. The number of methoxy groups -OCH3 is 1. The van der Waals surface area contributed by atoms with Crippen molar-refractivity contribution in [1.29, 1.82) is 0 Å². The second-order valence-electron chi connectivity index (χ2n) is 6.63. The summed E-state index contributed by atoms with van der Waals surface area (Å²) >= 11 is 0. The average Bonchev–Trinajstić information content (AvgIpc) is 3.41. The quantitative estimate of drug-likeness (QED) is 0.656. The van der Waals surface area contributed by atoms with Crippen LogP contribution >= 0.6 is 0 Å². The van der Waals surface area contributed by atoms with Crippen LogP contribution in [0, 0.1) is 0 Å². The topological polar surface area (TPSA) is 95.7 Å². The molecule has 4 rings (SSSR count). The molecule has 0 bridgehead atoms. The highest BCUT2D eigenvalue weighted by Crippen LogP contribution is 2.35. The summed E-state index contributed by atoms with van der Waals surface area (Å²) in [6.45, 7) is 2.14. The summed E-state index contributed by atoms with van der Waals surface area (Å²) < 4.78 is 21.5. The van der Waals surface area contributed by atoms with Crippen molar-refractivity contribution in [2.75, 3.05) is 13.9 Å². The third kappa shape index (κ3) is 4.31. The van der Waals surface area contributed by atoms with Crippen LogP contribution in [0.4, 0.5) is 0 Å². The van der Waals surface area contributed by atoms with Crippen molar-refractivity contribution in [2.24, 2.45) is 0 Å². The van der Waals surface area contributed by atoms with Gasteiger partial charge in [0.05, 0.1) is 13.2 Å². The molecule has 1 aliphatic heterocycles. The summed E-state index contributed by atoms with van der Waals surface area (Å²) in [5.74, 6) is 2.82. The smallest absolute Gasteiger partial charge is 0.247 e. The van der Waals surface area contributed by atoms with E-state index in [1.807, 2.05) is 37.3 Å². The number of hydrogen-bond acceptors (Lipinski definition) is 7. The number of aromatic nitrogens is 2. The highest BCUT2D eigenvalue weighted by molar-refractivity contribution is 5.76. The molecule has 1 atom stereocenters. The first-order valence-corrected chi connectivity index (χ1v) is 9.28. The van der Waals surface area contributed by atoms with Crippen LogP contribution in [0.3, 0.4) is 0 Å². The SMILES string of the molecule is COc1ccc([C@@H](C)NC(=O)CCc2nnc(-c3ccc4c(c3)OCO4)o2)cc1. The summed E-state index contributed by atoms with van der Waals surface area (Å²) in [6, 6.07) is 12.9. The molecule has 0 saturated carbocycles. The van der Waals surface area contributed by atoms with Gasteiger partial charge >= 0.3 is 0 Å². The van der Waals surface area contributed by atoms with Gasteiger partial charge in [-0.25, -0.2) is 0 Å². The second-order valence-corrected chi connectivity index (χ2v) is 6.63. The average molecular weight is 395 g/mol. The van der Waals surface area contributed by atoms with Crippen molar-refractivity contribution < 1.29 is 23.4 Å². The van der Waals surface area contributed by atoms with Crippen molar-refractivity contribution in [1.82, 2.24) is 15.5 Å². The van der Waals surface area contributed by atoms with Crippen LogP contribution in [0.2, 0.25) is 0 Å². The number of nitrogens with one attached hydrogen (secondary N) is 1. The molecule has 1 aromatic heterocycles. The zero-order valence-corrected chi connectivity index (χ0v) is 16.2. The van der Waals surface area contributed by atoms with Crippen LogP contribution in [-0.4, -0.2) is 30.0 Å². The fourth-order valence-corrected chi connectivity index (χ4v) is 3.01. The van der Waals surface area contributed by atoms with E-state index in [9.17, 15) is 4.79 Å². The van der Waals surface area contributed by atoms with Crippen LogP contribution in [0.15, 0.2) is 46.9 Å². The summed E-state index contributed by atoms with van der Waals surface area (Å²) in [7, 11) is 1.62. The molecule has 8 heteroatoms. The predicted molar refractivity (Wildman–Crippen MR) is 104 cm³/mol. The molecule has 3 aromatic rings. The number of fused-ring (bicyclic) bond motifs is 1. The molecule has 0 saturated heterocycles. The van der Waals surface area contributed by atoms with Gasteiger partial charge in [-0.3, -0.25) is 4.79 Å². The summed E-state index contributed by atoms with van der Waals surface area (Å²) in [5.41, 5.74) is 1.74. The van der Waals surface area contributed by atoms with Crippen molar-refractivity contribution in [3.8, 4) is 28.7 Å². The molecular formula is C21H21N3O5. The standard InChI is InChI=1S/C21H21N3O5/c1-13(14-3-6-16(26-2)7-4-14)22-19(25)9-10-20-23-24-21(29-20)15-5-8-17-18(11-15)28-12-27-17/h3-8,11,13H,9-10,12H2,1-2H3,(H,22,25)/t13-/m1/s1. The van der Waals surface area contributed by atoms with E-state index in [-0.39, 0.29) is 25.2 Å². The molecule has 29 heavy (non-hydrogen) atoms. The van der Waals surface area contributed by atoms with Crippen molar-refractivity contribution >= 4 is 5.91 Å². The lowest BCUT2D eigenvalue weighted by Crippen LogP contribution is -2.26. The molecular weight excluding hydrogens is 374 g/mol. The highest BCUT2D eigenvalue weighted by atomic mass is 16.7. The molecule has 8 nitrogen and oxygen atoms in total. The highest BCUT2D eigenvalue weighted by Gasteiger charge is 2.17. The van der Waals surface area contributed by atoms with E-state index in [4.69, 9.17) is 18.6 Å². The molecule has 150 valence electrons. The summed E-state index contributed by atoms with van der Waals surface area (Å²) in [6.07, 6.45) is 0.613. The number of hydrogen-bond donors (Lipinski definition) is 1. The van der Waals surface area contributed by atoms with Gasteiger partial charge in [0.1, 0.15) is 5.75 Å². The normalized spacial score (nSPS) is 13.2. The van der Waals surface area contributed by atoms with Gasteiger partial charge in [-0.15, -0.1) is 10.2 Å². The minimum atomic E-state index is -0.111. The lowest BCUT2D eigenvalue weighted by atomic mass is 10.1. The Morgan fingerprint density at radius 1 is 1.14 bits per heavy atom. The molecule has 1 N–H and O–H groups in total. The zero-order valence-electron chi connectivity index (χ0n) is 16.2. The first kappa shape index (κ1) is 18.8. The maximum absolute atomic E-state index is 12.3. The minimum absolute atomic E-state index is 0.0869. The Bertz CT molecular complexity index is 1000. The predicted octanol–water partition coefficient (Wildman–Crippen LogP) is 3.28. The third-order valence-corrected chi connectivity index (χ3v) is 4.65. The summed E-state index contributed by atoms with van der Waals surface area (Å²) in [4.78, 5) is 12.3. The molecule has 1 amide bonds. The molecule has 2 aromatic carbocycles. The van der Waals surface area contributed by atoms with Crippen LogP contribution < -0.4 is 19.5 Å². The van der Waals surface area contributed by atoms with Crippen LogP contribution in [0.5, 0.6) is 17.2 Å². The number of carbonyl (C=O) groups excluding carboxylic acids is 1. The van der Waals surface area contributed by atoms with Crippen LogP contribution in [0.25, 0.3) is 11.5 Å². The molecule has 2 heterocycles. The maximum atomic E-state index is 12.3. The van der Waals surface area contributed by atoms with E-state index < -0.39 is 0 Å². The number of nitrogens with zero attached hydrogens (tertiary/aromatic N) is 2. The number of benzene rings is 2. The largest absolute Gasteiger partial charge is 0.497 e. The van der Waals surface area contributed by atoms with E-state index in [1.165, 1.54) is 0 Å². The molecule has 0 unspecified atom stereocenters.